The van der Waals surface area contributed by atoms with Crippen LogP contribution in [0.1, 0.15) is 11.4 Å². The summed E-state index contributed by atoms with van der Waals surface area (Å²) in [5.74, 6) is 0. The molecule has 2 rings (SSSR count). The SMILES string of the molecule is Cc1nn(CCN)c(C)c1S(=O)(=O)NCC1COCCO1. The lowest BCUT2D eigenvalue weighted by Gasteiger charge is -2.23. The van der Waals surface area contributed by atoms with E-state index in [0.717, 1.165) is 0 Å². The number of hydrogen-bond donors (Lipinski definition) is 2. The molecule has 0 saturated carbocycles. The fourth-order valence-corrected chi connectivity index (χ4v) is 3.81. The fourth-order valence-electron chi connectivity index (χ4n) is 2.34. The molecular formula is C12H22N4O4S. The van der Waals surface area contributed by atoms with Gasteiger partial charge in [-0.15, -0.1) is 0 Å². The smallest absolute Gasteiger partial charge is 0.244 e. The Morgan fingerprint density at radius 2 is 2.19 bits per heavy atom. The van der Waals surface area contributed by atoms with Crippen molar-refractivity contribution in [3.63, 3.8) is 0 Å². The Kier molecular flexibility index (Phi) is 5.33. The first kappa shape index (κ1) is 16.4. The van der Waals surface area contributed by atoms with Crippen LogP contribution < -0.4 is 10.5 Å². The number of aryl methyl sites for hydroxylation is 1. The zero-order valence-electron chi connectivity index (χ0n) is 12.3. The summed E-state index contributed by atoms with van der Waals surface area (Å²) in [7, 11) is -3.63. The van der Waals surface area contributed by atoms with Gasteiger partial charge in [-0.05, 0) is 13.8 Å². The molecule has 3 N–H and O–H groups in total. The van der Waals surface area contributed by atoms with Crippen LogP contribution in [0, 0.1) is 13.8 Å². The first-order chi connectivity index (χ1) is 9.95. The van der Waals surface area contributed by atoms with Crippen LogP contribution in [0.4, 0.5) is 0 Å². The van der Waals surface area contributed by atoms with Crippen LogP contribution in [0.2, 0.25) is 0 Å². The molecule has 0 aromatic carbocycles. The van der Waals surface area contributed by atoms with E-state index < -0.39 is 10.0 Å². The second-order valence-electron chi connectivity index (χ2n) is 4.93. The second-order valence-corrected chi connectivity index (χ2v) is 6.64. The van der Waals surface area contributed by atoms with E-state index in [-0.39, 0.29) is 17.5 Å². The Hall–Kier alpha value is -1.00. The quantitative estimate of drug-likeness (QED) is 0.707. The van der Waals surface area contributed by atoms with E-state index in [2.05, 4.69) is 9.82 Å². The maximum absolute atomic E-state index is 12.4. The van der Waals surface area contributed by atoms with Crippen LogP contribution >= 0.6 is 0 Å². The number of ether oxygens (including phenoxy) is 2. The van der Waals surface area contributed by atoms with E-state index >= 15 is 0 Å². The lowest BCUT2D eigenvalue weighted by atomic mass is 10.3. The van der Waals surface area contributed by atoms with Crippen molar-refractivity contribution in [2.24, 2.45) is 5.73 Å². The minimum Gasteiger partial charge on any atom is -0.376 e. The van der Waals surface area contributed by atoms with Crippen molar-refractivity contribution in [1.82, 2.24) is 14.5 Å². The molecule has 120 valence electrons. The molecule has 0 bridgehead atoms. The minimum atomic E-state index is -3.63. The van der Waals surface area contributed by atoms with E-state index in [9.17, 15) is 8.42 Å². The van der Waals surface area contributed by atoms with Gasteiger partial charge in [-0.3, -0.25) is 4.68 Å². The van der Waals surface area contributed by atoms with Crippen molar-refractivity contribution in [3.8, 4) is 0 Å². The molecule has 1 saturated heterocycles. The summed E-state index contributed by atoms with van der Waals surface area (Å²) in [6.45, 7) is 5.91. The summed E-state index contributed by atoms with van der Waals surface area (Å²) in [6, 6.07) is 0. The summed E-state index contributed by atoms with van der Waals surface area (Å²) in [5, 5.41) is 4.22. The van der Waals surface area contributed by atoms with Crippen molar-refractivity contribution < 1.29 is 17.9 Å². The van der Waals surface area contributed by atoms with Crippen LogP contribution in [0.25, 0.3) is 0 Å². The Morgan fingerprint density at radius 1 is 1.43 bits per heavy atom. The van der Waals surface area contributed by atoms with E-state index in [1.165, 1.54) is 0 Å². The molecule has 1 unspecified atom stereocenters. The predicted molar refractivity (Wildman–Crippen MR) is 76.5 cm³/mol. The van der Waals surface area contributed by atoms with Crippen LogP contribution in [-0.4, -0.2) is 57.2 Å². The van der Waals surface area contributed by atoms with Gasteiger partial charge in [-0.25, -0.2) is 13.1 Å². The Balaban J connectivity index is 2.11. The van der Waals surface area contributed by atoms with Gasteiger partial charge in [0.1, 0.15) is 4.90 Å². The molecule has 2 heterocycles. The zero-order chi connectivity index (χ0) is 15.5. The lowest BCUT2D eigenvalue weighted by Crippen LogP contribution is -2.39. The zero-order valence-corrected chi connectivity index (χ0v) is 13.1. The van der Waals surface area contributed by atoms with Gasteiger partial charge in [0.15, 0.2) is 0 Å². The number of nitrogens with two attached hydrogens (primary N) is 1. The van der Waals surface area contributed by atoms with Gasteiger partial charge in [0, 0.05) is 13.1 Å². The topological polar surface area (TPSA) is 108 Å². The van der Waals surface area contributed by atoms with E-state index in [1.807, 2.05) is 0 Å². The van der Waals surface area contributed by atoms with Gasteiger partial charge in [-0.2, -0.15) is 5.10 Å². The van der Waals surface area contributed by atoms with Crippen LogP contribution in [0.5, 0.6) is 0 Å². The average Bonchev–Trinajstić information content (AvgIpc) is 2.73. The van der Waals surface area contributed by atoms with Crippen molar-refractivity contribution in [1.29, 1.82) is 0 Å². The first-order valence-corrected chi connectivity index (χ1v) is 8.37. The molecule has 1 atom stereocenters. The van der Waals surface area contributed by atoms with E-state index in [1.54, 1.807) is 18.5 Å². The molecule has 1 aromatic rings. The largest absolute Gasteiger partial charge is 0.376 e. The molecular weight excluding hydrogens is 296 g/mol. The molecule has 1 aliphatic heterocycles. The van der Waals surface area contributed by atoms with Crippen molar-refractivity contribution in [3.05, 3.63) is 11.4 Å². The highest BCUT2D eigenvalue weighted by Gasteiger charge is 2.26. The highest BCUT2D eigenvalue weighted by Crippen LogP contribution is 2.19. The van der Waals surface area contributed by atoms with Crippen LogP contribution in [-0.2, 0) is 26.0 Å². The van der Waals surface area contributed by atoms with Crippen molar-refractivity contribution in [2.75, 3.05) is 32.9 Å². The summed E-state index contributed by atoms with van der Waals surface area (Å²) in [6.07, 6.45) is -0.256. The van der Waals surface area contributed by atoms with Crippen LogP contribution in [0.3, 0.4) is 0 Å². The van der Waals surface area contributed by atoms with Crippen LogP contribution in [0.15, 0.2) is 4.90 Å². The molecule has 0 radical (unpaired) electrons. The normalized spacial score (nSPS) is 19.9. The third-order valence-electron chi connectivity index (χ3n) is 3.31. The van der Waals surface area contributed by atoms with Gasteiger partial charge >= 0.3 is 0 Å². The Bertz CT molecular complexity index is 578. The second kappa shape index (κ2) is 6.84. The standard InChI is InChI=1S/C12H22N4O4S/c1-9-12(10(2)16(15-9)4-3-13)21(17,18)14-7-11-8-19-5-6-20-11/h11,14H,3-8,13H2,1-2H3. The molecule has 1 aliphatic rings. The van der Waals surface area contributed by atoms with Gasteiger partial charge in [0.25, 0.3) is 0 Å². The maximum Gasteiger partial charge on any atom is 0.244 e. The highest BCUT2D eigenvalue weighted by atomic mass is 32.2. The first-order valence-electron chi connectivity index (χ1n) is 6.89. The Morgan fingerprint density at radius 3 is 2.81 bits per heavy atom. The van der Waals surface area contributed by atoms with Gasteiger partial charge in [-0.1, -0.05) is 0 Å². The number of aromatic nitrogens is 2. The lowest BCUT2D eigenvalue weighted by molar-refractivity contribution is -0.0846. The van der Waals surface area contributed by atoms with Gasteiger partial charge in [0.2, 0.25) is 10.0 Å². The van der Waals surface area contributed by atoms with E-state index in [0.29, 0.717) is 44.3 Å². The summed E-state index contributed by atoms with van der Waals surface area (Å²) in [5.41, 5.74) is 6.55. The number of nitrogens with one attached hydrogen (secondary N) is 1. The Labute approximate surface area is 124 Å². The monoisotopic (exact) mass is 318 g/mol. The molecule has 1 aromatic heterocycles. The molecule has 0 spiro atoms. The summed E-state index contributed by atoms with van der Waals surface area (Å²) < 4.78 is 39.7. The molecule has 1 fully saturated rings. The summed E-state index contributed by atoms with van der Waals surface area (Å²) in [4.78, 5) is 0.215. The number of hydrogen-bond acceptors (Lipinski definition) is 6. The fraction of sp³-hybridized carbons (Fsp3) is 0.750. The molecule has 0 amide bonds. The molecule has 9 heteroatoms. The number of nitrogens with zero attached hydrogens (tertiary/aromatic N) is 2. The summed E-state index contributed by atoms with van der Waals surface area (Å²) >= 11 is 0. The van der Waals surface area contributed by atoms with Gasteiger partial charge in [0.05, 0.1) is 43.9 Å². The molecule has 0 aliphatic carbocycles. The van der Waals surface area contributed by atoms with E-state index in [4.69, 9.17) is 15.2 Å². The van der Waals surface area contributed by atoms with Crippen molar-refractivity contribution >= 4 is 10.0 Å². The third kappa shape index (κ3) is 3.80. The third-order valence-corrected chi connectivity index (χ3v) is 4.99. The average molecular weight is 318 g/mol. The minimum absolute atomic E-state index is 0.184. The van der Waals surface area contributed by atoms with Crippen molar-refractivity contribution in [2.45, 2.75) is 31.4 Å². The molecule has 21 heavy (non-hydrogen) atoms. The number of sulfonamides is 1. The predicted octanol–water partition coefficient (Wildman–Crippen LogP) is -0.848. The molecule has 8 nitrogen and oxygen atoms in total. The maximum atomic E-state index is 12.4. The highest BCUT2D eigenvalue weighted by molar-refractivity contribution is 7.89. The van der Waals surface area contributed by atoms with Gasteiger partial charge < -0.3 is 15.2 Å². The number of rotatable bonds is 6.